The minimum atomic E-state index is -4.85. The van der Waals surface area contributed by atoms with E-state index < -0.39 is 32.7 Å². The van der Waals surface area contributed by atoms with Crippen LogP contribution < -0.4 is 9.47 Å². The lowest BCUT2D eigenvalue weighted by molar-refractivity contribution is -0.139. The summed E-state index contributed by atoms with van der Waals surface area (Å²) in [6.45, 7) is 1.12. The molecule has 0 amide bonds. The molecule has 0 spiro atoms. The maximum absolute atomic E-state index is 13.5. The van der Waals surface area contributed by atoms with Crippen molar-refractivity contribution in [3.8, 4) is 11.5 Å². The molecule has 0 bridgehead atoms. The second kappa shape index (κ2) is 7.94. The summed E-state index contributed by atoms with van der Waals surface area (Å²) in [4.78, 5) is -0.791. The van der Waals surface area contributed by atoms with Crippen LogP contribution in [0.15, 0.2) is 41.3 Å². The number of halogens is 4. The van der Waals surface area contributed by atoms with E-state index in [1.54, 1.807) is 18.2 Å². The van der Waals surface area contributed by atoms with Gasteiger partial charge in [0, 0.05) is 18.0 Å². The number of hydrogen-bond acceptors (Lipinski definition) is 4. The third-order valence-corrected chi connectivity index (χ3v) is 7.40. The molecule has 2 heterocycles. The Balaban J connectivity index is 1.73. The van der Waals surface area contributed by atoms with E-state index in [1.165, 1.54) is 0 Å². The number of hydrogen-bond donors (Lipinski definition) is 0. The zero-order valence-corrected chi connectivity index (χ0v) is 17.4. The fraction of sp³-hybridized carbons (Fsp3) is 0.400. The first-order chi connectivity index (χ1) is 14.2. The molecular formula is C20H19ClF3NO4S. The molecule has 2 aromatic rings. The molecule has 162 valence electrons. The first kappa shape index (κ1) is 21.3. The molecule has 0 N–H and O–H groups in total. The van der Waals surface area contributed by atoms with Crippen molar-refractivity contribution in [1.82, 2.24) is 4.31 Å². The molecular weight excluding hydrogens is 443 g/mol. The molecule has 0 aromatic heterocycles. The Morgan fingerprint density at radius 2 is 1.73 bits per heavy atom. The Labute approximate surface area is 177 Å². The summed E-state index contributed by atoms with van der Waals surface area (Å²) in [5, 5.41) is -0.179. The van der Waals surface area contributed by atoms with E-state index in [0.717, 1.165) is 22.9 Å². The van der Waals surface area contributed by atoms with Crippen molar-refractivity contribution in [2.45, 2.75) is 36.4 Å². The lowest BCUT2D eigenvalue weighted by atomic mass is 10.0. The molecule has 1 fully saturated rings. The molecule has 30 heavy (non-hydrogen) atoms. The van der Waals surface area contributed by atoms with Gasteiger partial charge >= 0.3 is 6.18 Å². The lowest BCUT2D eigenvalue weighted by Gasteiger charge is -2.26. The molecule has 10 heteroatoms. The van der Waals surface area contributed by atoms with Gasteiger partial charge in [0.05, 0.1) is 29.7 Å². The van der Waals surface area contributed by atoms with Crippen LogP contribution >= 0.6 is 11.6 Å². The van der Waals surface area contributed by atoms with Crippen LogP contribution in [0.5, 0.6) is 11.5 Å². The molecule has 2 aromatic carbocycles. The Hall–Kier alpha value is -1.97. The number of benzene rings is 2. The largest absolute Gasteiger partial charge is 0.490 e. The molecule has 0 unspecified atom stereocenters. The molecule has 1 saturated heterocycles. The summed E-state index contributed by atoms with van der Waals surface area (Å²) in [6, 6.07) is 7.29. The van der Waals surface area contributed by atoms with Crippen molar-refractivity contribution in [3.63, 3.8) is 0 Å². The van der Waals surface area contributed by atoms with Crippen LogP contribution in [0.3, 0.4) is 0 Å². The predicted octanol–water partition coefficient (Wildman–Crippen LogP) is 5.05. The zero-order chi connectivity index (χ0) is 21.5. The summed E-state index contributed by atoms with van der Waals surface area (Å²) in [5.41, 5.74) is -0.609. The van der Waals surface area contributed by atoms with E-state index >= 15 is 0 Å². The zero-order valence-electron chi connectivity index (χ0n) is 15.8. The highest BCUT2D eigenvalue weighted by molar-refractivity contribution is 7.89. The van der Waals surface area contributed by atoms with E-state index in [-0.39, 0.29) is 11.6 Å². The molecule has 2 aliphatic rings. The quantitative estimate of drug-likeness (QED) is 0.642. The van der Waals surface area contributed by atoms with E-state index in [0.29, 0.717) is 49.2 Å². The molecule has 4 rings (SSSR count). The smallest absolute Gasteiger partial charge is 0.417 e. The van der Waals surface area contributed by atoms with Gasteiger partial charge in [-0.1, -0.05) is 17.7 Å². The van der Waals surface area contributed by atoms with Gasteiger partial charge in [-0.3, -0.25) is 0 Å². The number of rotatable bonds is 3. The Morgan fingerprint density at radius 3 is 2.47 bits per heavy atom. The maximum atomic E-state index is 13.5. The first-order valence-corrected chi connectivity index (χ1v) is 11.3. The van der Waals surface area contributed by atoms with Gasteiger partial charge in [-0.15, -0.1) is 0 Å². The van der Waals surface area contributed by atoms with Gasteiger partial charge in [-0.25, -0.2) is 8.42 Å². The maximum Gasteiger partial charge on any atom is 0.417 e. The van der Waals surface area contributed by atoms with Crippen LogP contribution in [-0.2, 0) is 16.2 Å². The predicted molar refractivity (Wildman–Crippen MR) is 104 cm³/mol. The molecule has 2 aliphatic heterocycles. The van der Waals surface area contributed by atoms with Gasteiger partial charge in [0.25, 0.3) is 0 Å². The normalized spacial score (nSPS) is 20.2. The number of alkyl halides is 3. The Morgan fingerprint density at radius 1 is 1.00 bits per heavy atom. The molecule has 5 nitrogen and oxygen atoms in total. The molecule has 1 atom stereocenters. The van der Waals surface area contributed by atoms with Crippen LogP contribution in [0.1, 0.15) is 36.4 Å². The second-order valence-corrected chi connectivity index (χ2v) is 9.46. The minimum absolute atomic E-state index is 0.126. The van der Waals surface area contributed by atoms with Crippen LogP contribution in [0.4, 0.5) is 13.2 Å². The summed E-state index contributed by atoms with van der Waals surface area (Å²) >= 11 is 5.70. The average molecular weight is 462 g/mol. The van der Waals surface area contributed by atoms with E-state index in [4.69, 9.17) is 21.1 Å². The number of ether oxygens (including phenoxy) is 2. The summed E-state index contributed by atoms with van der Waals surface area (Å²) in [7, 11) is -4.41. The third kappa shape index (κ3) is 3.98. The van der Waals surface area contributed by atoms with E-state index in [2.05, 4.69) is 0 Å². The Bertz CT molecular complexity index is 1060. The van der Waals surface area contributed by atoms with Crippen molar-refractivity contribution >= 4 is 21.6 Å². The SMILES string of the molecule is O=S(=O)(c1ccc(Cl)cc1C(F)(F)F)N1CCC[C@@H]1c1ccc2c(c1)OCCCO2. The van der Waals surface area contributed by atoms with Crippen LogP contribution in [0, 0.1) is 0 Å². The van der Waals surface area contributed by atoms with Crippen LogP contribution in [-0.4, -0.2) is 32.5 Å². The van der Waals surface area contributed by atoms with E-state index in [1.807, 2.05) is 0 Å². The van der Waals surface area contributed by atoms with Gasteiger partial charge < -0.3 is 9.47 Å². The lowest BCUT2D eigenvalue weighted by Crippen LogP contribution is -2.32. The minimum Gasteiger partial charge on any atom is -0.490 e. The fourth-order valence-corrected chi connectivity index (χ4v) is 5.87. The number of fused-ring (bicyclic) bond motifs is 1. The highest BCUT2D eigenvalue weighted by Crippen LogP contribution is 2.43. The topological polar surface area (TPSA) is 55.8 Å². The van der Waals surface area contributed by atoms with Crippen molar-refractivity contribution in [3.05, 3.63) is 52.5 Å². The molecule has 0 aliphatic carbocycles. The summed E-state index contributed by atoms with van der Waals surface area (Å²) in [5.74, 6) is 1.08. The standard InChI is InChI=1S/C20H19ClF3NO4S/c21-14-5-7-19(15(12-14)20(22,23)24)30(26,27)25-8-1-3-16(25)13-4-6-17-18(11-13)29-10-2-9-28-17/h4-7,11-12,16H,1-3,8-10H2/t16-/m1/s1. The van der Waals surface area contributed by atoms with Gasteiger partial charge in [-0.2, -0.15) is 17.5 Å². The van der Waals surface area contributed by atoms with Gasteiger partial charge in [0.15, 0.2) is 11.5 Å². The van der Waals surface area contributed by atoms with Crippen LogP contribution in [0.2, 0.25) is 5.02 Å². The van der Waals surface area contributed by atoms with Crippen molar-refractivity contribution in [2.24, 2.45) is 0 Å². The van der Waals surface area contributed by atoms with Gasteiger partial charge in [0.1, 0.15) is 0 Å². The van der Waals surface area contributed by atoms with Gasteiger partial charge in [0.2, 0.25) is 10.0 Å². The number of nitrogens with zero attached hydrogens (tertiary/aromatic N) is 1. The average Bonchev–Trinajstić information content (AvgIpc) is 3.07. The van der Waals surface area contributed by atoms with E-state index in [9.17, 15) is 21.6 Å². The second-order valence-electron chi connectivity index (χ2n) is 7.17. The monoisotopic (exact) mass is 461 g/mol. The third-order valence-electron chi connectivity index (χ3n) is 5.19. The molecule has 0 saturated carbocycles. The highest BCUT2D eigenvalue weighted by Gasteiger charge is 2.43. The Kier molecular flexibility index (Phi) is 5.63. The highest BCUT2D eigenvalue weighted by atomic mass is 35.5. The van der Waals surface area contributed by atoms with Crippen molar-refractivity contribution < 1.29 is 31.1 Å². The number of sulfonamides is 1. The van der Waals surface area contributed by atoms with Crippen molar-refractivity contribution in [2.75, 3.05) is 19.8 Å². The van der Waals surface area contributed by atoms with Crippen molar-refractivity contribution in [1.29, 1.82) is 0 Å². The van der Waals surface area contributed by atoms with Gasteiger partial charge in [-0.05, 0) is 48.7 Å². The fourth-order valence-electron chi connectivity index (χ4n) is 3.82. The first-order valence-electron chi connectivity index (χ1n) is 9.46. The summed E-state index contributed by atoms with van der Waals surface area (Å²) < 4.78 is 79.5. The molecule has 0 radical (unpaired) electrons. The summed E-state index contributed by atoms with van der Waals surface area (Å²) in [6.07, 6.45) is -3.09. The van der Waals surface area contributed by atoms with Crippen LogP contribution in [0.25, 0.3) is 0 Å².